The first-order valence-electron chi connectivity index (χ1n) is 6.02. The van der Waals surface area contributed by atoms with Gasteiger partial charge in [-0.1, -0.05) is 6.07 Å². The van der Waals surface area contributed by atoms with E-state index in [0.717, 1.165) is 0 Å². The minimum Gasteiger partial charge on any atom is -0.497 e. The van der Waals surface area contributed by atoms with E-state index >= 15 is 0 Å². The molecule has 0 heterocycles. The van der Waals surface area contributed by atoms with E-state index in [9.17, 15) is 9.59 Å². The largest absolute Gasteiger partial charge is 0.497 e. The number of carbonyl (C=O) groups excluding carboxylic acids is 2. The van der Waals surface area contributed by atoms with Gasteiger partial charge < -0.3 is 21.5 Å². The molecule has 1 rings (SSSR count). The van der Waals surface area contributed by atoms with Gasteiger partial charge >= 0.3 is 0 Å². The number of ether oxygens (including phenoxy) is 1. The molecule has 19 heavy (non-hydrogen) atoms. The van der Waals surface area contributed by atoms with Gasteiger partial charge in [-0.2, -0.15) is 0 Å². The second kappa shape index (κ2) is 7.38. The molecule has 0 aromatic heterocycles. The minimum absolute atomic E-state index is 0.361. The third-order valence-electron chi connectivity index (χ3n) is 2.68. The van der Waals surface area contributed by atoms with E-state index < -0.39 is 11.9 Å². The van der Waals surface area contributed by atoms with Crippen LogP contribution in [0.1, 0.15) is 23.2 Å². The summed E-state index contributed by atoms with van der Waals surface area (Å²) in [5.74, 6) is -0.352. The van der Waals surface area contributed by atoms with Crippen molar-refractivity contribution in [2.75, 3.05) is 13.7 Å². The van der Waals surface area contributed by atoms with Crippen LogP contribution in [0.4, 0.5) is 0 Å². The first kappa shape index (κ1) is 15.0. The second-order valence-corrected chi connectivity index (χ2v) is 4.09. The van der Waals surface area contributed by atoms with Crippen molar-refractivity contribution in [1.82, 2.24) is 5.32 Å². The summed E-state index contributed by atoms with van der Waals surface area (Å²) in [5.41, 5.74) is 11.0. The Morgan fingerprint density at radius 2 is 2.16 bits per heavy atom. The van der Waals surface area contributed by atoms with Gasteiger partial charge in [-0.3, -0.25) is 9.59 Å². The Morgan fingerprint density at radius 1 is 1.42 bits per heavy atom. The average Bonchev–Trinajstić information content (AvgIpc) is 2.42. The van der Waals surface area contributed by atoms with Gasteiger partial charge in [0.05, 0.1) is 7.11 Å². The summed E-state index contributed by atoms with van der Waals surface area (Å²) in [4.78, 5) is 23.2. The fourth-order valence-electron chi connectivity index (χ4n) is 1.61. The number of carbonyl (C=O) groups is 2. The maximum Gasteiger partial charge on any atom is 0.252 e. The third-order valence-corrected chi connectivity index (χ3v) is 2.68. The number of rotatable bonds is 7. The number of methoxy groups -OCH3 is 1. The molecule has 6 nitrogen and oxygen atoms in total. The van der Waals surface area contributed by atoms with Crippen LogP contribution in [0, 0.1) is 0 Å². The van der Waals surface area contributed by atoms with Crippen LogP contribution >= 0.6 is 0 Å². The lowest BCUT2D eigenvalue weighted by Gasteiger charge is -2.15. The molecule has 0 radical (unpaired) electrons. The molecule has 0 aliphatic rings. The minimum atomic E-state index is -0.706. The molecule has 1 aromatic rings. The van der Waals surface area contributed by atoms with Crippen molar-refractivity contribution in [3.05, 3.63) is 29.8 Å². The number of nitrogens with two attached hydrogens (primary N) is 2. The molecule has 104 valence electrons. The summed E-state index contributed by atoms with van der Waals surface area (Å²) in [5, 5.41) is 2.59. The van der Waals surface area contributed by atoms with Crippen molar-refractivity contribution in [3.8, 4) is 5.75 Å². The van der Waals surface area contributed by atoms with Gasteiger partial charge in [-0.05, 0) is 37.6 Å². The Balaban J connectivity index is 2.72. The van der Waals surface area contributed by atoms with E-state index in [2.05, 4.69) is 5.32 Å². The molecular formula is C13H19N3O3. The summed E-state index contributed by atoms with van der Waals surface area (Å²) in [6.07, 6.45) is 1.05. The van der Waals surface area contributed by atoms with Crippen molar-refractivity contribution in [1.29, 1.82) is 0 Å². The highest BCUT2D eigenvalue weighted by Gasteiger charge is 2.18. The third kappa shape index (κ3) is 4.59. The molecule has 1 aromatic carbocycles. The van der Waals surface area contributed by atoms with Crippen LogP contribution in [0.5, 0.6) is 5.75 Å². The lowest BCUT2D eigenvalue weighted by Crippen LogP contribution is -2.44. The van der Waals surface area contributed by atoms with Crippen LogP contribution in [0.15, 0.2) is 24.3 Å². The number of amides is 2. The normalized spacial score (nSPS) is 11.7. The summed E-state index contributed by atoms with van der Waals surface area (Å²) in [7, 11) is 1.52. The van der Waals surface area contributed by atoms with Crippen LogP contribution < -0.4 is 21.5 Å². The Labute approximate surface area is 112 Å². The summed E-state index contributed by atoms with van der Waals surface area (Å²) >= 11 is 0. The van der Waals surface area contributed by atoms with E-state index in [1.807, 2.05) is 0 Å². The van der Waals surface area contributed by atoms with E-state index in [4.69, 9.17) is 16.2 Å². The van der Waals surface area contributed by atoms with Crippen LogP contribution in [-0.4, -0.2) is 31.5 Å². The van der Waals surface area contributed by atoms with Gasteiger partial charge in [0, 0.05) is 5.56 Å². The predicted molar refractivity (Wildman–Crippen MR) is 71.7 cm³/mol. The standard InChI is InChI=1S/C13H19N3O3/c1-19-10-5-2-4-9(8-10)13(18)16-11(12(15)17)6-3-7-14/h2,4-5,8,11H,3,6-7,14H2,1H3,(H2,15,17)(H,16,18)/t11-/m0/s1. The molecule has 0 aliphatic heterocycles. The van der Waals surface area contributed by atoms with Crippen molar-refractivity contribution in [3.63, 3.8) is 0 Å². The molecule has 5 N–H and O–H groups in total. The molecule has 0 bridgehead atoms. The van der Waals surface area contributed by atoms with Crippen LogP contribution in [-0.2, 0) is 4.79 Å². The van der Waals surface area contributed by atoms with E-state index in [1.165, 1.54) is 7.11 Å². The molecule has 6 heteroatoms. The molecule has 1 atom stereocenters. The number of hydrogen-bond acceptors (Lipinski definition) is 4. The monoisotopic (exact) mass is 265 g/mol. The Morgan fingerprint density at radius 3 is 2.74 bits per heavy atom. The van der Waals surface area contributed by atoms with Crippen LogP contribution in [0.2, 0.25) is 0 Å². The van der Waals surface area contributed by atoms with E-state index in [1.54, 1.807) is 24.3 Å². The number of hydrogen-bond donors (Lipinski definition) is 3. The maximum absolute atomic E-state index is 12.0. The van der Waals surface area contributed by atoms with Crippen LogP contribution in [0.25, 0.3) is 0 Å². The second-order valence-electron chi connectivity index (χ2n) is 4.09. The highest BCUT2D eigenvalue weighted by atomic mass is 16.5. The highest BCUT2D eigenvalue weighted by molar-refractivity contribution is 5.97. The first-order valence-corrected chi connectivity index (χ1v) is 6.02. The Kier molecular flexibility index (Phi) is 5.81. The summed E-state index contributed by atoms with van der Waals surface area (Å²) < 4.78 is 5.03. The van der Waals surface area contributed by atoms with E-state index in [-0.39, 0.29) is 5.91 Å². The van der Waals surface area contributed by atoms with Crippen molar-refractivity contribution in [2.24, 2.45) is 11.5 Å². The van der Waals surface area contributed by atoms with Gasteiger partial charge in [0.2, 0.25) is 5.91 Å². The molecular weight excluding hydrogens is 246 g/mol. The topological polar surface area (TPSA) is 107 Å². The molecule has 0 fully saturated rings. The maximum atomic E-state index is 12.0. The quantitative estimate of drug-likeness (QED) is 0.645. The van der Waals surface area contributed by atoms with Crippen molar-refractivity contribution >= 4 is 11.8 Å². The zero-order valence-corrected chi connectivity index (χ0v) is 10.9. The number of benzene rings is 1. The fraction of sp³-hybridized carbons (Fsp3) is 0.385. The number of primary amides is 1. The van der Waals surface area contributed by atoms with Gasteiger partial charge in [-0.25, -0.2) is 0 Å². The predicted octanol–water partition coefficient (Wildman–Crippen LogP) is 0.0178. The Bertz CT molecular complexity index is 449. The molecule has 0 saturated carbocycles. The average molecular weight is 265 g/mol. The fourth-order valence-corrected chi connectivity index (χ4v) is 1.61. The number of nitrogens with one attached hydrogen (secondary N) is 1. The smallest absolute Gasteiger partial charge is 0.252 e. The summed E-state index contributed by atoms with van der Waals surface area (Å²) in [6.45, 7) is 0.443. The lowest BCUT2D eigenvalue weighted by atomic mass is 10.1. The lowest BCUT2D eigenvalue weighted by molar-refractivity contribution is -0.120. The zero-order valence-electron chi connectivity index (χ0n) is 10.9. The van der Waals surface area contributed by atoms with Crippen molar-refractivity contribution in [2.45, 2.75) is 18.9 Å². The van der Waals surface area contributed by atoms with Gasteiger partial charge in [-0.15, -0.1) is 0 Å². The molecule has 0 spiro atoms. The van der Waals surface area contributed by atoms with E-state index in [0.29, 0.717) is 30.7 Å². The van der Waals surface area contributed by atoms with Gasteiger partial charge in [0.25, 0.3) is 5.91 Å². The summed E-state index contributed by atoms with van der Waals surface area (Å²) in [6, 6.07) is 5.96. The molecule has 2 amide bonds. The molecule has 0 saturated heterocycles. The van der Waals surface area contributed by atoms with Gasteiger partial charge in [0.1, 0.15) is 11.8 Å². The molecule has 0 unspecified atom stereocenters. The highest BCUT2D eigenvalue weighted by Crippen LogP contribution is 2.12. The SMILES string of the molecule is COc1cccc(C(=O)N[C@@H](CCCN)C(N)=O)c1. The Hall–Kier alpha value is -2.08. The van der Waals surface area contributed by atoms with Crippen molar-refractivity contribution < 1.29 is 14.3 Å². The van der Waals surface area contributed by atoms with Crippen LogP contribution in [0.3, 0.4) is 0 Å². The zero-order chi connectivity index (χ0) is 14.3. The first-order chi connectivity index (χ1) is 9.08. The molecule has 0 aliphatic carbocycles. The van der Waals surface area contributed by atoms with Gasteiger partial charge in [0.15, 0.2) is 0 Å².